The Hall–Kier alpha value is -2.96. The summed E-state index contributed by atoms with van der Waals surface area (Å²) < 4.78 is 32.9. The largest absolute Gasteiger partial charge is 0.497 e. The maximum Gasteiger partial charge on any atom is 0.159 e. The van der Waals surface area contributed by atoms with E-state index in [0.29, 0.717) is 17.0 Å². The van der Waals surface area contributed by atoms with Gasteiger partial charge < -0.3 is 10.5 Å². The van der Waals surface area contributed by atoms with E-state index < -0.39 is 11.6 Å². The molecule has 2 aromatic carbocycles. The first-order valence-electron chi connectivity index (χ1n) is 6.41. The van der Waals surface area contributed by atoms with Crippen molar-refractivity contribution >= 4 is 5.82 Å². The number of methoxy groups -OCH3 is 1. The van der Waals surface area contributed by atoms with Gasteiger partial charge in [-0.3, -0.25) is 0 Å². The maximum absolute atomic E-state index is 13.3. The molecule has 0 aliphatic heterocycles. The van der Waals surface area contributed by atoms with Gasteiger partial charge in [0.1, 0.15) is 11.4 Å². The van der Waals surface area contributed by atoms with E-state index in [-0.39, 0.29) is 11.5 Å². The molecule has 0 bridgehead atoms. The van der Waals surface area contributed by atoms with Crippen molar-refractivity contribution in [3.05, 3.63) is 54.1 Å². The van der Waals surface area contributed by atoms with Crippen LogP contribution in [0.3, 0.4) is 0 Å². The van der Waals surface area contributed by atoms with E-state index in [9.17, 15) is 8.78 Å². The Bertz CT molecular complexity index is 832. The van der Waals surface area contributed by atoms with E-state index in [1.165, 1.54) is 10.7 Å². The summed E-state index contributed by atoms with van der Waals surface area (Å²) >= 11 is 0. The number of nitrogens with zero attached hydrogens (tertiary/aromatic N) is 3. The van der Waals surface area contributed by atoms with E-state index in [1.54, 1.807) is 31.4 Å². The van der Waals surface area contributed by atoms with Crippen molar-refractivity contribution < 1.29 is 13.5 Å². The maximum atomic E-state index is 13.3. The van der Waals surface area contributed by atoms with Crippen LogP contribution in [-0.4, -0.2) is 22.1 Å². The van der Waals surface area contributed by atoms with Gasteiger partial charge in [-0.1, -0.05) is 11.3 Å². The third kappa shape index (κ3) is 2.37. The average Bonchev–Trinajstić information content (AvgIpc) is 2.92. The SMILES string of the molecule is COc1cccc(-n2nnc(-c3ccc(F)c(F)c3)c2N)c1. The zero-order valence-electron chi connectivity index (χ0n) is 11.6. The van der Waals surface area contributed by atoms with E-state index in [2.05, 4.69) is 10.3 Å². The van der Waals surface area contributed by atoms with Crippen LogP contribution in [0.1, 0.15) is 0 Å². The van der Waals surface area contributed by atoms with E-state index in [1.807, 2.05) is 0 Å². The molecule has 0 spiro atoms. The van der Waals surface area contributed by atoms with Gasteiger partial charge in [-0.2, -0.15) is 4.68 Å². The molecular weight excluding hydrogens is 290 g/mol. The Labute approximate surface area is 124 Å². The zero-order chi connectivity index (χ0) is 15.7. The standard InChI is InChI=1S/C15H12F2N4O/c1-22-11-4-2-3-10(8-11)21-15(18)14(19-20-21)9-5-6-12(16)13(17)7-9/h2-8H,18H2,1H3. The van der Waals surface area contributed by atoms with Gasteiger partial charge in [0.05, 0.1) is 12.8 Å². The highest BCUT2D eigenvalue weighted by molar-refractivity contribution is 5.71. The molecule has 0 radical (unpaired) electrons. The molecule has 0 saturated carbocycles. The van der Waals surface area contributed by atoms with E-state index in [0.717, 1.165) is 12.1 Å². The summed E-state index contributed by atoms with van der Waals surface area (Å²) in [7, 11) is 1.55. The molecule has 0 aliphatic rings. The summed E-state index contributed by atoms with van der Waals surface area (Å²) in [4.78, 5) is 0. The topological polar surface area (TPSA) is 66.0 Å². The Balaban J connectivity index is 2.06. The lowest BCUT2D eigenvalue weighted by Gasteiger charge is -2.06. The lowest BCUT2D eigenvalue weighted by atomic mass is 10.1. The predicted molar refractivity (Wildman–Crippen MR) is 77.7 cm³/mol. The Morgan fingerprint density at radius 3 is 2.64 bits per heavy atom. The second-order valence-corrected chi connectivity index (χ2v) is 4.57. The molecule has 0 amide bonds. The van der Waals surface area contributed by atoms with Gasteiger partial charge in [0.25, 0.3) is 0 Å². The van der Waals surface area contributed by atoms with Crippen LogP contribution in [0.5, 0.6) is 5.75 Å². The monoisotopic (exact) mass is 302 g/mol. The summed E-state index contributed by atoms with van der Waals surface area (Å²) in [6.07, 6.45) is 0. The van der Waals surface area contributed by atoms with Crippen LogP contribution in [0.2, 0.25) is 0 Å². The van der Waals surface area contributed by atoms with Crippen LogP contribution in [0.25, 0.3) is 16.9 Å². The van der Waals surface area contributed by atoms with Crippen molar-refractivity contribution in [2.24, 2.45) is 0 Å². The quantitative estimate of drug-likeness (QED) is 0.808. The van der Waals surface area contributed by atoms with Crippen LogP contribution in [0.15, 0.2) is 42.5 Å². The van der Waals surface area contributed by atoms with Crippen molar-refractivity contribution in [1.82, 2.24) is 15.0 Å². The van der Waals surface area contributed by atoms with Gasteiger partial charge in [0.15, 0.2) is 17.5 Å². The molecule has 22 heavy (non-hydrogen) atoms. The minimum atomic E-state index is -0.965. The summed E-state index contributed by atoms with van der Waals surface area (Å²) in [6.45, 7) is 0. The molecule has 5 nitrogen and oxygen atoms in total. The number of halogens is 2. The van der Waals surface area contributed by atoms with Gasteiger partial charge in [0.2, 0.25) is 0 Å². The van der Waals surface area contributed by atoms with E-state index in [4.69, 9.17) is 10.5 Å². The Kier molecular flexibility index (Phi) is 3.46. The van der Waals surface area contributed by atoms with Crippen LogP contribution in [0, 0.1) is 11.6 Å². The molecule has 112 valence electrons. The molecule has 3 rings (SSSR count). The van der Waals surface area contributed by atoms with Crippen LogP contribution < -0.4 is 10.5 Å². The highest BCUT2D eigenvalue weighted by atomic mass is 19.2. The normalized spacial score (nSPS) is 10.7. The van der Waals surface area contributed by atoms with Gasteiger partial charge in [-0.15, -0.1) is 5.10 Å². The number of benzene rings is 2. The molecule has 7 heteroatoms. The number of ether oxygens (including phenoxy) is 1. The fraction of sp³-hybridized carbons (Fsp3) is 0.0667. The van der Waals surface area contributed by atoms with Crippen molar-refractivity contribution in [3.63, 3.8) is 0 Å². The molecule has 2 N–H and O–H groups in total. The zero-order valence-corrected chi connectivity index (χ0v) is 11.6. The summed E-state index contributed by atoms with van der Waals surface area (Å²) in [5.41, 5.74) is 7.31. The van der Waals surface area contributed by atoms with Gasteiger partial charge in [0, 0.05) is 11.6 Å². The first kappa shape index (κ1) is 14.0. The molecule has 1 aromatic heterocycles. The average molecular weight is 302 g/mol. The third-order valence-electron chi connectivity index (χ3n) is 3.20. The lowest BCUT2D eigenvalue weighted by molar-refractivity contribution is 0.414. The summed E-state index contributed by atoms with van der Waals surface area (Å²) in [5.74, 6) is -1.03. The molecule has 1 heterocycles. The highest BCUT2D eigenvalue weighted by Gasteiger charge is 2.15. The molecule has 0 aliphatic carbocycles. The highest BCUT2D eigenvalue weighted by Crippen LogP contribution is 2.27. The van der Waals surface area contributed by atoms with Crippen molar-refractivity contribution in [1.29, 1.82) is 0 Å². The number of aromatic nitrogens is 3. The lowest BCUT2D eigenvalue weighted by Crippen LogP contribution is -2.02. The number of anilines is 1. The number of rotatable bonds is 3. The van der Waals surface area contributed by atoms with Gasteiger partial charge >= 0.3 is 0 Å². The van der Waals surface area contributed by atoms with Crippen LogP contribution >= 0.6 is 0 Å². The molecule has 0 atom stereocenters. The minimum Gasteiger partial charge on any atom is -0.497 e. The summed E-state index contributed by atoms with van der Waals surface area (Å²) in [5, 5.41) is 7.91. The fourth-order valence-corrected chi connectivity index (χ4v) is 2.07. The van der Waals surface area contributed by atoms with Crippen LogP contribution in [-0.2, 0) is 0 Å². The van der Waals surface area contributed by atoms with E-state index >= 15 is 0 Å². The summed E-state index contributed by atoms with van der Waals surface area (Å²) in [6, 6.07) is 10.5. The molecular formula is C15H12F2N4O. The van der Waals surface area contributed by atoms with Crippen molar-refractivity contribution in [3.8, 4) is 22.7 Å². The van der Waals surface area contributed by atoms with Crippen molar-refractivity contribution in [2.45, 2.75) is 0 Å². The van der Waals surface area contributed by atoms with Gasteiger partial charge in [-0.05, 0) is 30.3 Å². The number of hydrogen-bond donors (Lipinski definition) is 1. The molecule has 3 aromatic rings. The molecule has 0 fully saturated rings. The molecule has 0 unspecified atom stereocenters. The fourth-order valence-electron chi connectivity index (χ4n) is 2.07. The minimum absolute atomic E-state index is 0.222. The van der Waals surface area contributed by atoms with Crippen LogP contribution in [0.4, 0.5) is 14.6 Å². The Morgan fingerprint density at radius 1 is 1.09 bits per heavy atom. The number of nitrogen functional groups attached to an aromatic ring is 1. The third-order valence-corrected chi connectivity index (χ3v) is 3.20. The van der Waals surface area contributed by atoms with Crippen molar-refractivity contribution in [2.75, 3.05) is 12.8 Å². The Morgan fingerprint density at radius 2 is 1.91 bits per heavy atom. The first-order valence-corrected chi connectivity index (χ1v) is 6.41. The second-order valence-electron chi connectivity index (χ2n) is 4.57. The number of nitrogens with two attached hydrogens (primary N) is 1. The first-order chi connectivity index (χ1) is 10.6. The predicted octanol–water partition coefficient (Wildman–Crippen LogP) is 2.80. The second kappa shape index (κ2) is 5.44. The molecule has 0 saturated heterocycles. The number of hydrogen-bond acceptors (Lipinski definition) is 4. The smallest absolute Gasteiger partial charge is 0.159 e. The van der Waals surface area contributed by atoms with Gasteiger partial charge in [-0.25, -0.2) is 8.78 Å².